The van der Waals surface area contributed by atoms with Gasteiger partial charge in [-0.15, -0.1) is 0 Å². The standard InChI is InChI=1S/C22H23FN4O2S/c1-29-17-7-4-6-16(14-17)15-20-24-22(30-25-20)27-11-5-10-26(12-13-27)21(28)18-8-2-3-9-19(18)23/h2-4,6-9,14H,5,10-13,15H2,1H3. The van der Waals surface area contributed by atoms with Gasteiger partial charge in [0.2, 0.25) is 5.13 Å². The first kappa shape index (κ1) is 20.3. The van der Waals surface area contributed by atoms with Crippen LogP contribution in [0.3, 0.4) is 0 Å². The summed E-state index contributed by atoms with van der Waals surface area (Å²) in [5.41, 5.74) is 1.22. The second-order valence-corrected chi connectivity index (χ2v) is 7.86. The van der Waals surface area contributed by atoms with Crippen LogP contribution in [0.1, 0.15) is 28.2 Å². The molecule has 3 aromatic rings. The van der Waals surface area contributed by atoms with Crippen molar-refractivity contribution in [1.29, 1.82) is 0 Å². The monoisotopic (exact) mass is 426 g/mol. The number of aromatic nitrogens is 2. The second-order valence-electron chi connectivity index (χ2n) is 7.13. The normalized spacial score (nSPS) is 14.5. The van der Waals surface area contributed by atoms with Crippen molar-refractivity contribution < 1.29 is 13.9 Å². The minimum atomic E-state index is -0.477. The number of rotatable bonds is 5. The van der Waals surface area contributed by atoms with Crippen molar-refractivity contribution in [2.45, 2.75) is 12.8 Å². The number of hydrogen-bond acceptors (Lipinski definition) is 6. The van der Waals surface area contributed by atoms with Crippen molar-refractivity contribution in [3.05, 3.63) is 71.3 Å². The molecule has 0 aliphatic carbocycles. The van der Waals surface area contributed by atoms with E-state index in [1.54, 1.807) is 24.1 Å². The molecule has 2 aromatic carbocycles. The van der Waals surface area contributed by atoms with Gasteiger partial charge in [0, 0.05) is 44.1 Å². The van der Waals surface area contributed by atoms with Gasteiger partial charge in [0.05, 0.1) is 12.7 Å². The zero-order valence-corrected chi connectivity index (χ0v) is 17.6. The lowest BCUT2D eigenvalue weighted by Gasteiger charge is -2.21. The van der Waals surface area contributed by atoms with E-state index in [4.69, 9.17) is 9.72 Å². The molecular weight excluding hydrogens is 403 g/mol. The lowest BCUT2D eigenvalue weighted by molar-refractivity contribution is 0.0762. The van der Waals surface area contributed by atoms with Crippen molar-refractivity contribution in [3.8, 4) is 5.75 Å². The highest BCUT2D eigenvalue weighted by molar-refractivity contribution is 7.09. The van der Waals surface area contributed by atoms with Crippen LogP contribution in [0.15, 0.2) is 48.5 Å². The van der Waals surface area contributed by atoms with Gasteiger partial charge in [-0.05, 0) is 36.2 Å². The van der Waals surface area contributed by atoms with Gasteiger partial charge in [-0.2, -0.15) is 4.37 Å². The van der Waals surface area contributed by atoms with Gasteiger partial charge in [0.1, 0.15) is 17.4 Å². The molecule has 8 heteroatoms. The fourth-order valence-corrected chi connectivity index (χ4v) is 4.26. The number of amides is 1. The number of nitrogens with zero attached hydrogens (tertiary/aromatic N) is 4. The molecule has 0 bridgehead atoms. The fourth-order valence-electron chi connectivity index (χ4n) is 3.53. The van der Waals surface area contributed by atoms with E-state index < -0.39 is 5.82 Å². The summed E-state index contributed by atoms with van der Waals surface area (Å²) in [5, 5.41) is 0.855. The molecule has 1 fully saturated rings. The molecule has 0 saturated carbocycles. The molecule has 1 saturated heterocycles. The summed E-state index contributed by atoms with van der Waals surface area (Å²) in [5.74, 6) is 0.850. The molecule has 4 rings (SSSR count). The van der Waals surface area contributed by atoms with Crippen LogP contribution < -0.4 is 9.64 Å². The van der Waals surface area contributed by atoms with Gasteiger partial charge < -0.3 is 14.5 Å². The highest BCUT2D eigenvalue weighted by atomic mass is 32.1. The number of carbonyl (C=O) groups excluding carboxylic acids is 1. The topological polar surface area (TPSA) is 58.6 Å². The van der Waals surface area contributed by atoms with Crippen molar-refractivity contribution in [3.63, 3.8) is 0 Å². The number of hydrogen-bond donors (Lipinski definition) is 0. The molecule has 1 amide bonds. The Kier molecular flexibility index (Phi) is 6.23. The summed E-state index contributed by atoms with van der Waals surface area (Å²) in [6, 6.07) is 14.0. The predicted octanol–water partition coefficient (Wildman–Crippen LogP) is 3.63. The maximum atomic E-state index is 14.0. The highest BCUT2D eigenvalue weighted by Gasteiger charge is 2.23. The van der Waals surface area contributed by atoms with Crippen LogP contribution in [-0.4, -0.2) is 53.5 Å². The second kappa shape index (κ2) is 9.21. The summed E-state index contributed by atoms with van der Waals surface area (Å²) in [6.07, 6.45) is 1.43. The quantitative estimate of drug-likeness (QED) is 0.624. The van der Waals surface area contributed by atoms with Gasteiger partial charge in [-0.25, -0.2) is 9.37 Å². The maximum Gasteiger partial charge on any atom is 0.256 e. The minimum absolute atomic E-state index is 0.127. The molecule has 1 aliphatic heterocycles. The summed E-state index contributed by atoms with van der Waals surface area (Å²) in [6.45, 7) is 2.56. The van der Waals surface area contributed by atoms with Crippen LogP contribution in [0.4, 0.5) is 9.52 Å². The molecule has 30 heavy (non-hydrogen) atoms. The Bertz CT molecular complexity index is 1030. The summed E-state index contributed by atoms with van der Waals surface area (Å²) >= 11 is 1.37. The molecule has 0 unspecified atom stereocenters. The van der Waals surface area contributed by atoms with E-state index in [1.807, 2.05) is 24.3 Å². The first-order valence-electron chi connectivity index (χ1n) is 9.88. The fraction of sp³-hybridized carbons (Fsp3) is 0.318. The molecule has 1 aromatic heterocycles. The van der Waals surface area contributed by atoms with E-state index in [0.717, 1.165) is 35.2 Å². The SMILES string of the molecule is COc1cccc(Cc2nsc(N3CCCN(C(=O)c4ccccc4F)CC3)n2)c1. The van der Waals surface area contributed by atoms with E-state index in [-0.39, 0.29) is 11.5 Å². The van der Waals surface area contributed by atoms with Crippen LogP contribution in [0, 0.1) is 5.82 Å². The molecular formula is C22H23FN4O2S. The van der Waals surface area contributed by atoms with Gasteiger partial charge >= 0.3 is 0 Å². The van der Waals surface area contributed by atoms with Crippen molar-refractivity contribution in [2.24, 2.45) is 0 Å². The number of benzene rings is 2. The number of methoxy groups -OCH3 is 1. The Morgan fingerprint density at radius 2 is 2.00 bits per heavy atom. The molecule has 0 radical (unpaired) electrons. The summed E-state index contributed by atoms with van der Waals surface area (Å²) in [4.78, 5) is 21.3. The summed E-state index contributed by atoms with van der Waals surface area (Å²) < 4.78 is 23.8. The Morgan fingerprint density at radius 3 is 2.83 bits per heavy atom. The van der Waals surface area contributed by atoms with Crippen molar-refractivity contribution in [2.75, 3.05) is 38.2 Å². The maximum absolute atomic E-state index is 14.0. The molecule has 1 aliphatic rings. The molecule has 6 nitrogen and oxygen atoms in total. The lowest BCUT2D eigenvalue weighted by Crippen LogP contribution is -2.35. The van der Waals surface area contributed by atoms with Crippen LogP contribution in [-0.2, 0) is 6.42 Å². The average molecular weight is 427 g/mol. The third-order valence-electron chi connectivity index (χ3n) is 5.11. The minimum Gasteiger partial charge on any atom is -0.497 e. The van der Waals surface area contributed by atoms with Gasteiger partial charge in [0.25, 0.3) is 5.91 Å². The predicted molar refractivity (Wildman–Crippen MR) is 115 cm³/mol. The molecule has 2 heterocycles. The van der Waals surface area contributed by atoms with Gasteiger partial charge in [-0.1, -0.05) is 24.3 Å². The third kappa shape index (κ3) is 4.59. The zero-order valence-electron chi connectivity index (χ0n) is 16.8. The smallest absolute Gasteiger partial charge is 0.256 e. The number of ether oxygens (including phenoxy) is 1. The van der Waals surface area contributed by atoms with Crippen LogP contribution in [0.5, 0.6) is 5.75 Å². The summed E-state index contributed by atoms with van der Waals surface area (Å²) in [7, 11) is 1.65. The number of anilines is 1. The van der Waals surface area contributed by atoms with Crippen LogP contribution in [0.2, 0.25) is 0 Å². The van der Waals surface area contributed by atoms with E-state index in [9.17, 15) is 9.18 Å². The highest BCUT2D eigenvalue weighted by Crippen LogP contribution is 2.22. The largest absolute Gasteiger partial charge is 0.497 e. The van der Waals surface area contributed by atoms with Gasteiger partial charge in [-0.3, -0.25) is 4.79 Å². The lowest BCUT2D eigenvalue weighted by atomic mass is 10.1. The van der Waals surface area contributed by atoms with E-state index >= 15 is 0 Å². The average Bonchev–Trinajstić information content (AvgIpc) is 3.08. The molecule has 0 spiro atoms. The first-order chi connectivity index (χ1) is 14.6. The Labute approximate surface area is 179 Å². The van der Waals surface area contributed by atoms with Crippen LogP contribution in [0.25, 0.3) is 0 Å². The number of halogens is 1. The third-order valence-corrected chi connectivity index (χ3v) is 5.93. The first-order valence-corrected chi connectivity index (χ1v) is 10.7. The van der Waals surface area contributed by atoms with E-state index in [1.165, 1.54) is 23.7 Å². The van der Waals surface area contributed by atoms with E-state index in [0.29, 0.717) is 26.1 Å². The van der Waals surface area contributed by atoms with Crippen molar-refractivity contribution >= 4 is 22.6 Å². The van der Waals surface area contributed by atoms with Crippen LogP contribution >= 0.6 is 11.5 Å². The Balaban J connectivity index is 1.40. The zero-order chi connectivity index (χ0) is 20.9. The van der Waals surface area contributed by atoms with Gasteiger partial charge in [0.15, 0.2) is 0 Å². The molecule has 0 atom stereocenters. The molecule has 0 N–H and O–H groups in total. The Hall–Kier alpha value is -3.00. The number of carbonyl (C=O) groups is 1. The molecule has 156 valence electrons. The van der Waals surface area contributed by atoms with Crippen molar-refractivity contribution in [1.82, 2.24) is 14.3 Å². The van der Waals surface area contributed by atoms with E-state index in [2.05, 4.69) is 9.27 Å². The Morgan fingerprint density at radius 1 is 1.13 bits per heavy atom.